The fraction of sp³-hybridized carbons (Fsp3) is 0.842. The summed E-state index contributed by atoms with van der Waals surface area (Å²) in [6.07, 6.45) is 9.24. The maximum Gasteiger partial charge on any atom is 0.325 e. The summed E-state index contributed by atoms with van der Waals surface area (Å²) in [6.45, 7) is 5.86. The highest BCUT2D eigenvalue weighted by Gasteiger charge is 2.47. The van der Waals surface area contributed by atoms with Gasteiger partial charge in [-0.3, -0.25) is 14.5 Å². The Labute approximate surface area is 151 Å². The zero-order chi connectivity index (χ0) is 18.4. The first-order valence-electron chi connectivity index (χ1n) is 9.81. The first kappa shape index (κ1) is 19.7. The lowest BCUT2D eigenvalue weighted by atomic mass is 9.86. The molecule has 6 nitrogen and oxygen atoms in total. The van der Waals surface area contributed by atoms with Crippen molar-refractivity contribution in [3.8, 4) is 0 Å². The van der Waals surface area contributed by atoms with Gasteiger partial charge < -0.3 is 10.6 Å². The summed E-state index contributed by atoms with van der Waals surface area (Å²) in [4.78, 5) is 38.3. The average Bonchev–Trinajstić information content (AvgIpc) is 2.77. The highest BCUT2D eigenvalue weighted by molar-refractivity contribution is 6.08. The Hall–Kier alpha value is -1.59. The highest BCUT2D eigenvalue weighted by Crippen LogP contribution is 2.25. The summed E-state index contributed by atoms with van der Waals surface area (Å²) < 4.78 is 0. The summed E-state index contributed by atoms with van der Waals surface area (Å²) in [7, 11) is 0. The molecule has 2 fully saturated rings. The van der Waals surface area contributed by atoms with E-state index in [1.54, 1.807) is 6.92 Å². The predicted molar refractivity (Wildman–Crippen MR) is 97.0 cm³/mol. The molecule has 0 spiro atoms. The molecule has 0 radical (unpaired) electrons. The molecule has 2 aliphatic rings. The SMILES string of the molecule is CCCCCCC1(C)NC(=O)N(CC(=O)NC2CCCCC2C)C1=O. The van der Waals surface area contributed by atoms with Gasteiger partial charge in [0.05, 0.1) is 0 Å². The lowest BCUT2D eigenvalue weighted by Crippen LogP contribution is -2.48. The number of amides is 4. The molecular weight excluding hydrogens is 318 g/mol. The number of hydrogen-bond donors (Lipinski definition) is 2. The summed E-state index contributed by atoms with van der Waals surface area (Å²) in [5.41, 5.74) is -0.872. The maximum atomic E-state index is 12.7. The van der Waals surface area contributed by atoms with Crippen LogP contribution in [0.1, 0.15) is 78.6 Å². The van der Waals surface area contributed by atoms with Crippen LogP contribution in [0.2, 0.25) is 0 Å². The number of urea groups is 1. The zero-order valence-electron chi connectivity index (χ0n) is 15.9. The van der Waals surface area contributed by atoms with E-state index in [1.807, 2.05) is 0 Å². The third-order valence-corrected chi connectivity index (χ3v) is 5.64. The summed E-state index contributed by atoms with van der Waals surface area (Å²) in [6, 6.07) is -0.294. The van der Waals surface area contributed by atoms with Crippen LogP contribution in [-0.2, 0) is 9.59 Å². The molecule has 0 aromatic carbocycles. The van der Waals surface area contributed by atoms with Gasteiger partial charge in [-0.1, -0.05) is 52.4 Å². The lowest BCUT2D eigenvalue weighted by molar-refractivity contribution is -0.135. The van der Waals surface area contributed by atoms with Crippen LogP contribution in [0.5, 0.6) is 0 Å². The smallest absolute Gasteiger partial charge is 0.325 e. The van der Waals surface area contributed by atoms with Gasteiger partial charge >= 0.3 is 6.03 Å². The first-order valence-corrected chi connectivity index (χ1v) is 9.81. The predicted octanol–water partition coefficient (Wildman–Crippen LogP) is 2.96. The summed E-state index contributed by atoms with van der Waals surface area (Å²) in [5, 5.41) is 5.79. The van der Waals surface area contributed by atoms with Gasteiger partial charge in [0.1, 0.15) is 12.1 Å². The molecule has 25 heavy (non-hydrogen) atoms. The van der Waals surface area contributed by atoms with Crippen molar-refractivity contribution in [1.29, 1.82) is 0 Å². The van der Waals surface area contributed by atoms with Crippen LogP contribution < -0.4 is 10.6 Å². The van der Waals surface area contributed by atoms with Crippen molar-refractivity contribution >= 4 is 17.8 Å². The van der Waals surface area contributed by atoms with E-state index in [9.17, 15) is 14.4 Å². The number of rotatable bonds is 8. The number of imide groups is 1. The molecule has 0 aromatic rings. The maximum absolute atomic E-state index is 12.7. The van der Waals surface area contributed by atoms with Crippen LogP contribution in [0.4, 0.5) is 4.79 Å². The number of unbranched alkanes of at least 4 members (excludes halogenated alkanes) is 3. The molecule has 0 aromatic heterocycles. The molecular formula is C19H33N3O3. The summed E-state index contributed by atoms with van der Waals surface area (Å²) in [5.74, 6) is -0.0667. The Kier molecular flexibility index (Phi) is 6.85. The van der Waals surface area contributed by atoms with E-state index in [4.69, 9.17) is 0 Å². The van der Waals surface area contributed by atoms with Gasteiger partial charge in [-0.05, 0) is 32.1 Å². The standard InChI is InChI=1S/C19H33N3O3/c1-4-5-6-9-12-19(3)17(24)22(18(25)21-19)13-16(23)20-15-11-8-7-10-14(15)2/h14-15H,4-13H2,1-3H3,(H,20,23)(H,21,25). The van der Waals surface area contributed by atoms with Crippen LogP contribution in [0, 0.1) is 5.92 Å². The van der Waals surface area contributed by atoms with Crippen LogP contribution in [-0.4, -0.2) is 40.9 Å². The van der Waals surface area contributed by atoms with Crippen LogP contribution in [0.15, 0.2) is 0 Å². The number of carbonyl (C=O) groups is 3. The van der Waals surface area contributed by atoms with E-state index >= 15 is 0 Å². The first-order chi connectivity index (χ1) is 11.9. The molecule has 1 aliphatic heterocycles. The molecule has 1 saturated heterocycles. The van der Waals surface area contributed by atoms with Crippen LogP contribution in [0.3, 0.4) is 0 Å². The second kappa shape index (κ2) is 8.68. The molecule has 4 amide bonds. The van der Waals surface area contributed by atoms with Crippen molar-refractivity contribution in [1.82, 2.24) is 15.5 Å². The molecule has 142 valence electrons. The number of nitrogens with zero attached hydrogens (tertiary/aromatic N) is 1. The van der Waals surface area contributed by atoms with Crippen LogP contribution in [0.25, 0.3) is 0 Å². The fourth-order valence-corrected chi connectivity index (χ4v) is 3.89. The number of carbonyl (C=O) groups excluding carboxylic acids is 3. The lowest BCUT2D eigenvalue weighted by Gasteiger charge is -2.30. The minimum Gasteiger partial charge on any atom is -0.352 e. The topological polar surface area (TPSA) is 78.5 Å². The third-order valence-electron chi connectivity index (χ3n) is 5.64. The van der Waals surface area contributed by atoms with Crippen molar-refractivity contribution in [2.24, 2.45) is 5.92 Å². The van der Waals surface area contributed by atoms with Gasteiger partial charge in [-0.25, -0.2) is 4.79 Å². The van der Waals surface area contributed by atoms with E-state index in [0.29, 0.717) is 12.3 Å². The normalized spacial score (nSPS) is 29.6. The van der Waals surface area contributed by atoms with Gasteiger partial charge in [0, 0.05) is 6.04 Å². The van der Waals surface area contributed by atoms with E-state index in [0.717, 1.165) is 49.8 Å². The van der Waals surface area contributed by atoms with E-state index in [1.165, 1.54) is 6.42 Å². The van der Waals surface area contributed by atoms with Gasteiger partial charge in [0.25, 0.3) is 5.91 Å². The van der Waals surface area contributed by atoms with Gasteiger partial charge in [0.15, 0.2) is 0 Å². The highest BCUT2D eigenvalue weighted by atomic mass is 16.2. The number of nitrogens with one attached hydrogen (secondary N) is 2. The Morgan fingerprint density at radius 1 is 1.24 bits per heavy atom. The van der Waals surface area contributed by atoms with Crippen molar-refractivity contribution < 1.29 is 14.4 Å². The largest absolute Gasteiger partial charge is 0.352 e. The molecule has 3 atom stereocenters. The minimum absolute atomic E-state index is 0.155. The molecule has 1 heterocycles. The molecule has 2 rings (SSSR count). The second-order valence-electron chi connectivity index (χ2n) is 7.90. The van der Waals surface area contributed by atoms with E-state index < -0.39 is 11.6 Å². The van der Waals surface area contributed by atoms with Crippen molar-refractivity contribution in [2.45, 2.75) is 90.1 Å². The van der Waals surface area contributed by atoms with Crippen LogP contribution >= 0.6 is 0 Å². The molecule has 1 aliphatic carbocycles. The monoisotopic (exact) mass is 351 g/mol. The quantitative estimate of drug-likeness (QED) is 0.521. The molecule has 1 saturated carbocycles. The van der Waals surface area contributed by atoms with Gasteiger partial charge in [-0.15, -0.1) is 0 Å². The Balaban J connectivity index is 1.87. The Morgan fingerprint density at radius 3 is 2.64 bits per heavy atom. The summed E-state index contributed by atoms with van der Waals surface area (Å²) >= 11 is 0. The van der Waals surface area contributed by atoms with Crippen molar-refractivity contribution in [2.75, 3.05) is 6.54 Å². The van der Waals surface area contributed by atoms with E-state index in [2.05, 4.69) is 24.5 Å². The minimum atomic E-state index is -0.872. The number of hydrogen-bond acceptors (Lipinski definition) is 3. The van der Waals surface area contributed by atoms with E-state index in [-0.39, 0.29) is 24.4 Å². The molecule has 2 N–H and O–H groups in total. The Morgan fingerprint density at radius 2 is 1.96 bits per heavy atom. The van der Waals surface area contributed by atoms with Gasteiger partial charge in [-0.2, -0.15) is 0 Å². The zero-order valence-corrected chi connectivity index (χ0v) is 15.9. The van der Waals surface area contributed by atoms with Crippen molar-refractivity contribution in [3.05, 3.63) is 0 Å². The second-order valence-corrected chi connectivity index (χ2v) is 7.90. The average molecular weight is 351 g/mol. The fourth-order valence-electron chi connectivity index (χ4n) is 3.89. The molecule has 6 heteroatoms. The molecule has 0 bridgehead atoms. The van der Waals surface area contributed by atoms with Gasteiger partial charge in [0.2, 0.25) is 5.91 Å². The molecule has 3 unspecified atom stereocenters. The third kappa shape index (κ3) is 4.95. The Bertz CT molecular complexity index is 508. The van der Waals surface area contributed by atoms with Crippen molar-refractivity contribution in [3.63, 3.8) is 0 Å².